The summed E-state index contributed by atoms with van der Waals surface area (Å²) in [6.07, 6.45) is 0. The Morgan fingerprint density at radius 2 is 1.72 bits per heavy atom. The van der Waals surface area contributed by atoms with Crippen molar-refractivity contribution in [1.82, 2.24) is 0 Å². The van der Waals surface area contributed by atoms with Crippen molar-refractivity contribution in [2.45, 2.75) is 19.9 Å². The number of hydrogen-bond donors (Lipinski definition) is 1. The molecule has 32 heavy (non-hydrogen) atoms. The number of aliphatic hydroxyl groups is 1. The van der Waals surface area contributed by atoms with E-state index in [0.717, 1.165) is 16.7 Å². The summed E-state index contributed by atoms with van der Waals surface area (Å²) in [4.78, 5) is 28.0. The van der Waals surface area contributed by atoms with Crippen molar-refractivity contribution in [2.24, 2.45) is 0 Å². The van der Waals surface area contributed by atoms with Crippen LogP contribution in [0.15, 0.2) is 76.8 Å². The minimum absolute atomic E-state index is 0.0548. The summed E-state index contributed by atoms with van der Waals surface area (Å²) in [5.74, 6) is -1.02. The van der Waals surface area contributed by atoms with Crippen molar-refractivity contribution in [2.75, 3.05) is 12.0 Å². The summed E-state index contributed by atoms with van der Waals surface area (Å²) in [7, 11) is 1.55. The fourth-order valence-corrected chi connectivity index (χ4v) is 4.54. The highest BCUT2D eigenvalue weighted by Crippen LogP contribution is 2.43. The van der Waals surface area contributed by atoms with Crippen molar-refractivity contribution in [3.8, 4) is 5.75 Å². The zero-order chi connectivity index (χ0) is 23.0. The normalized spacial score (nSPS) is 17.6. The van der Waals surface area contributed by atoms with Crippen LogP contribution < -0.4 is 9.64 Å². The van der Waals surface area contributed by atoms with Crippen molar-refractivity contribution in [1.29, 1.82) is 0 Å². The summed E-state index contributed by atoms with van der Waals surface area (Å²) >= 11 is 3.42. The van der Waals surface area contributed by atoms with E-state index in [4.69, 9.17) is 4.74 Å². The van der Waals surface area contributed by atoms with Gasteiger partial charge in [0.15, 0.2) is 0 Å². The van der Waals surface area contributed by atoms with Gasteiger partial charge in [0.05, 0.1) is 23.2 Å². The average Bonchev–Trinajstić information content (AvgIpc) is 3.06. The Labute approximate surface area is 195 Å². The van der Waals surface area contributed by atoms with E-state index >= 15 is 0 Å². The average molecular weight is 492 g/mol. The smallest absolute Gasteiger partial charge is 0.300 e. The van der Waals surface area contributed by atoms with Gasteiger partial charge in [0, 0.05) is 11.3 Å². The molecule has 6 heteroatoms. The molecule has 1 aliphatic heterocycles. The number of aryl methyl sites for hydroxylation is 1. The third-order valence-corrected chi connectivity index (χ3v) is 6.44. The predicted octanol–water partition coefficient (Wildman–Crippen LogP) is 5.70. The largest absolute Gasteiger partial charge is 0.507 e. The Bertz CT molecular complexity index is 1250. The van der Waals surface area contributed by atoms with E-state index in [0.29, 0.717) is 21.5 Å². The molecule has 1 fully saturated rings. The van der Waals surface area contributed by atoms with Crippen LogP contribution in [-0.4, -0.2) is 23.9 Å². The molecular weight excluding hydrogens is 470 g/mol. The lowest BCUT2D eigenvalue weighted by molar-refractivity contribution is -0.132. The van der Waals surface area contributed by atoms with Crippen LogP contribution in [0.25, 0.3) is 5.76 Å². The van der Waals surface area contributed by atoms with E-state index in [2.05, 4.69) is 15.9 Å². The molecule has 1 N–H and O–H groups in total. The molecule has 0 bridgehead atoms. The van der Waals surface area contributed by atoms with Crippen LogP contribution in [0, 0.1) is 13.8 Å². The highest BCUT2D eigenvalue weighted by atomic mass is 79.9. The molecule has 1 saturated heterocycles. The second-order valence-electron chi connectivity index (χ2n) is 7.65. The molecule has 1 atom stereocenters. The van der Waals surface area contributed by atoms with Crippen molar-refractivity contribution in [3.05, 3.63) is 99.0 Å². The second-order valence-corrected chi connectivity index (χ2v) is 8.50. The lowest BCUT2D eigenvalue weighted by Gasteiger charge is -2.27. The third-order valence-electron chi connectivity index (χ3n) is 5.82. The van der Waals surface area contributed by atoms with E-state index < -0.39 is 17.7 Å². The number of methoxy groups -OCH3 is 1. The minimum atomic E-state index is -0.752. The standard InChI is InChI=1S/C26H22BrNO4/c1-15-8-7-11-20(16(15)2)28-23(17-9-5-4-6-10-17)22(25(30)26(28)31)24(29)18-12-13-21(32-3)19(27)14-18/h4-14,23,29H,1-3H3/b24-22+. The van der Waals surface area contributed by atoms with Crippen LogP contribution in [0.3, 0.4) is 0 Å². The summed E-state index contributed by atoms with van der Waals surface area (Å²) in [6, 6.07) is 19.2. The molecule has 0 saturated carbocycles. The number of aliphatic hydroxyl groups excluding tert-OH is 1. The Morgan fingerprint density at radius 1 is 1.00 bits per heavy atom. The number of nitrogens with zero attached hydrogens (tertiary/aromatic N) is 1. The van der Waals surface area contributed by atoms with E-state index in [1.807, 2.05) is 62.4 Å². The van der Waals surface area contributed by atoms with E-state index in [1.165, 1.54) is 4.90 Å². The number of hydrogen-bond acceptors (Lipinski definition) is 4. The van der Waals surface area contributed by atoms with Crippen LogP contribution in [-0.2, 0) is 9.59 Å². The molecule has 1 aliphatic rings. The van der Waals surface area contributed by atoms with Gasteiger partial charge in [0.1, 0.15) is 11.5 Å². The molecule has 1 heterocycles. The minimum Gasteiger partial charge on any atom is -0.507 e. The first-order valence-electron chi connectivity index (χ1n) is 10.1. The molecule has 0 aromatic heterocycles. The van der Waals surface area contributed by atoms with Crippen molar-refractivity contribution < 1.29 is 19.4 Å². The molecule has 162 valence electrons. The highest BCUT2D eigenvalue weighted by molar-refractivity contribution is 9.10. The molecular formula is C26H22BrNO4. The monoisotopic (exact) mass is 491 g/mol. The van der Waals surface area contributed by atoms with Gasteiger partial charge in [0.2, 0.25) is 0 Å². The van der Waals surface area contributed by atoms with Crippen molar-refractivity contribution >= 4 is 39.1 Å². The van der Waals surface area contributed by atoms with Crippen LogP contribution in [0.2, 0.25) is 0 Å². The number of anilines is 1. The highest BCUT2D eigenvalue weighted by Gasteiger charge is 2.47. The molecule has 0 spiro atoms. The van der Waals surface area contributed by atoms with Gasteiger partial charge >= 0.3 is 0 Å². The molecule has 5 nitrogen and oxygen atoms in total. The van der Waals surface area contributed by atoms with E-state index in [-0.39, 0.29) is 11.3 Å². The maximum absolute atomic E-state index is 13.3. The number of benzene rings is 3. The molecule has 4 rings (SSSR count). The van der Waals surface area contributed by atoms with E-state index in [1.54, 1.807) is 25.3 Å². The molecule has 1 amide bonds. The van der Waals surface area contributed by atoms with Gasteiger partial charge in [0.25, 0.3) is 11.7 Å². The Hall–Kier alpha value is -3.38. The van der Waals surface area contributed by atoms with Gasteiger partial charge in [-0.05, 0) is 70.7 Å². The zero-order valence-electron chi connectivity index (χ0n) is 17.9. The molecule has 3 aromatic rings. The Balaban J connectivity index is 1.96. The number of ether oxygens (including phenoxy) is 1. The van der Waals surface area contributed by atoms with Crippen LogP contribution in [0.4, 0.5) is 5.69 Å². The number of amides is 1. The van der Waals surface area contributed by atoms with Gasteiger partial charge in [-0.3, -0.25) is 14.5 Å². The second kappa shape index (κ2) is 8.63. The quantitative estimate of drug-likeness (QED) is 0.288. The topological polar surface area (TPSA) is 66.8 Å². The number of halogens is 1. The van der Waals surface area contributed by atoms with Crippen molar-refractivity contribution in [3.63, 3.8) is 0 Å². The first-order valence-corrected chi connectivity index (χ1v) is 10.9. The SMILES string of the molecule is COc1ccc(/C(O)=C2\C(=O)C(=O)N(c3cccc(C)c3C)C2c2ccccc2)cc1Br. The maximum Gasteiger partial charge on any atom is 0.300 e. The Kier molecular flexibility index (Phi) is 5.89. The number of Topliss-reactive ketones (excluding diaryl/α,β-unsaturated/α-hetero) is 1. The lowest BCUT2D eigenvalue weighted by atomic mass is 9.94. The number of carbonyl (C=O) groups is 2. The summed E-state index contributed by atoms with van der Waals surface area (Å²) in [5.41, 5.74) is 3.77. The van der Waals surface area contributed by atoms with E-state index in [9.17, 15) is 14.7 Å². The number of ketones is 1. The van der Waals surface area contributed by atoms with Gasteiger partial charge < -0.3 is 9.84 Å². The Morgan fingerprint density at radius 3 is 2.38 bits per heavy atom. The predicted molar refractivity (Wildman–Crippen MR) is 128 cm³/mol. The van der Waals surface area contributed by atoms with Crippen LogP contribution in [0.5, 0.6) is 5.75 Å². The third kappa shape index (κ3) is 3.60. The molecule has 0 aliphatic carbocycles. The molecule has 1 unspecified atom stereocenters. The summed E-state index contributed by atoms with van der Waals surface area (Å²) in [5, 5.41) is 11.2. The summed E-state index contributed by atoms with van der Waals surface area (Å²) in [6.45, 7) is 3.88. The summed E-state index contributed by atoms with van der Waals surface area (Å²) < 4.78 is 5.89. The number of carbonyl (C=O) groups excluding carboxylic acids is 2. The van der Waals surface area contributed by atoms with Gasteiger partial charge in [-0.2, -0.15) is 0 Å². The lowest BCUT2D eigenvalue weighted by Crippen LogP contribution is -2.30. The fourth-order valence-electron chi connectivity index (χ4n) is 4.00. The number of rotatable bonds is 4. The first kappa shape index (κ1) is 21.8. The first-order chi connectivity index (χ1) is 15.3. The van der Waals surface area contributed by atoms with Gasteiger partial charge in [-0.25, -0.2) is 0 Å². The van der Waals surface area contributed by atoms with Crippen LogP contribution in [0.1, 0.15) is 28.3 Å². The zero-order valence-corrected chi connectivity index (χ0v) is 19.5. The van der Waals surface area contributed by atoms with Crippen LogP contribution >= 0.6 is 15.9 Å². The molecule has 0 radical (unpaired) electrons. The van der Waals surface area contributed by atoms with Gasteiger partial charge in [-0.1, -0.05) is 42.5 Å². The maximum atomic E-state index is 13.3. The van der Waals surface area contributed by atoms with Gasteiger partial charge in [-0.15, -0.1) is 0 Å². The molecule has 3 aromatic carbocycles. The fraction of sp³-hybridized carbons (Fsp3) is 0.154.